The molecule has 0 saturated heterocycles. The summed E-state index contributed by atoms with van der Waals surface area (Å²) in [4.78, 5) is 30.3. The molecule has 2 aromatic carbocycles. The highest BCUT2D eigenvalue weighted by Gasteiger charge is 2.17. The Balaban J connectivity index is 1.64. The molecule has 5 nitrogen and oxygen atoms in total. The second-order valence-electron chi connectivity index (χ2n) is 6.51. The number of thiophene rings is 1. The minimum Gasteiger partial charge on any atom is -0.494 e. The Bertz CT molecular complexity index is 1180. The van der Waals surface area contributed by atoms with Crippen LogP contribution in [0.3, 0.4) is 0 Å². The maximum absolute atomic E-state index is 12.8. The first-order chi connectivity index (χ1) is 14.7. The molecule has 0 amide bonds. The van der Waals surface area contributed by atoms with Crippen LogP contribution in [-0.4, -0.2) is 30.0 Å². The molecule has 0 spiro atoms. The van der Waals surface area contributed by atoms with Gasteiger partial charge in [-0.25, -0.2) is 9.78 Å². The third-order valence-corrected chi connectivity index (χ3v) is 5.44. The number of ether oxygens (including phenoxy) is 2. The van der Waals surface area contributed by atoms with E-state index in [1.54, 1.807) is 18.2 Å². The number of aromatic nitrogens is 1. The van der Waals surface area contributed by atoms with Gasteiger partial charge in [0.25, 0.3) is 0 Å². The van der Waals surface area contributed by atoms with Crippen LogP contribution in [0.25, 0.3) is 22.2 Å². The SMILES string of the molecule is CCOc1ccc(-c2cc(C(=O)OCC(=O)c3cccs3)c3ccccc3n2)cc1. The predicted molar refractivity (Wildman–Crippen MR) is 117 cm³/mol. The highest BCUT2D eigenvalue weighted by molar-refractivity contribution is 7.12. The zero-order valence-corrected chi connectivity index (χ0v) is 17.1. The molecule has 0 bridgehead atoms. The van der Waals surface area contributed by atoms with E-state index < -0.39 is 5.97 Å². The fourth-order valence-corrected chi connectivity index (χ4v) is 3.75. The van der Waals surface area contributed by atoms with Gasteiger partial charge in [0.05, 0.1) is 28.3 Å². The topological polar surface area (TPSA) is 65.5 Å². The van der Waals surface area contributed by atoms with E-state index >= 15 is 0 Å². The molecule has 0 fully saturated rings. The number of hydrogen-bond acceptors (Lipinski definition) is 6. The number of fused-ring (bicyclic) bond motifs is 1. The minimum atomic E-state index is -0.550. The average Bonchev–Trinajstić information content (AvgIpc) is 3.32. The molecule has 0 aliphatic rings. The fraction of sp³-hybridized carbons (Fsp3) is 0.125. The lowest BCUT2D eigenvalue weighted by atomic mass is 10.0. The number of benzene rings is 2. The predicted octanol–water partition coefficient (Wildman–Crippen LogP) is 5.40. The highest BCUT2D eigenvalue weighted by Crippen LogP contribution is 2.27. The Kier molecular flexibility index (Phi) is 5.86. The Morgan fingerprint density at radius 1 is 1.00 bits per heavy atom. The van der Waals surface area contributed by atoms with Crippen molar-refractivity contribution in [1.82, 2.24) is 4.98 Å². The van der Waals surface area contributed by atoms with Crippen LogP contribution in [0.4, 0.5) is 0 Å². The molecule has 0 aliphatic heterocycles. The van der Waals surface area contributed by atoms with Gasteiger partial charge in [-0.05, 0) is 54.8 Å². The Labute approximate surface area is 177 Å². The summed E-state index contributed by atoms with van der Waals surface area (Å²) in [6.45, 7) is 2.22. The van der Waals surface area contributed by atoms with E-state index in [0.717, 1.165) is 11.3 Å². The molecule has 6 heteroatoms. The van der Waals surface area contributed by atoms with E-state index in [0.29, 0.717) is 33.6 Å². The molecule has 0 unspecified atom stereocenters. The maximum Gasteiger partial charge on any atom is 0.339 e. The average molecular weight is 417 g/mol. The second-order valence-corrected chi connectivity index (χ2v) is 7.45. The smallest absolute Gasteiger partial charge is 0.339 e. The summed E-state index contributed by atoms with van der Waals surface area (Å²) in [6.07, 6.45) is 0. The monoisotopic (exact) mass is 417 g/mol. The van der Waals surface area contributed by atoms with Crippen molar-refractivity contribution in [3.05, 3.63) is 82.6 Å². The maximum atomic E-state index is 12.8. The van der Waals surface area contributed by atoms with Crippen molar-refractivity contribution < 1.29 is 19.1 Å². The van der Waals surface area contributed by atoms with Crippen LogP contribution in [0.1, 0.15) is 27.0 Å². The Morgan fingerprint density at radius 2 is 1.80 bits per heavy atom. The number of rotatable bonds is 7. The van der Waals surface area contributed by atoms with Gasteiger partial charge in [0.2, 0.25) is 5.78 Å². The standard InChI is InChI=1S/C24H19NO4S/c1-2-28-17-11-9-16(10-12-17)21-14-19(18-6-3-4-7-20(18)25-21)24(27)29-15-22(26)23-8-5-13-30-23/h3-14H,2,15H2,1H3. The van der Waals surface area contributed by atoms with Crippen molar-refractivity contribution in [2.45, 2.75) is 6.92 Å². The Morgan fingerprint density at radius 3 is 2.53 bits per heavy atom. The van der Waals surface area contributed by atoms with Crippen molar-refractivity contribution in [2.75, 3.05) is 13.2 Å². The molecular formula is C24H19NO4S. The minimum absolute atomic E-state index is 0.219. The van der Waals surface area contributed by atoms with Crippen LogP contribution in [0.5, 0.6) is 5.75 Å². The zero-order chi connectivity index (χ0) is 20.9. The largest absolute Gasteiger partial charge is 0.494 e. The van der Waals surface area contributed by atoms with Crippen molar-refractivity contribution in [3.8, 4) is 17.0 Å². The van der Waals surface area contributed by atoms with E-state index in [-0.39, 0.29) is 12.4 Å². The summed E-state index contributed by atoms with van der Waals surface area (Å²) in [5.74, 6) is 0.00269. The number of Topliss-reactive ketones (excluding diaryl/α,β-unsaturated/α-hetero) is 1. The van der Waals surface area contributed by atoms with Gasteiger partial charge in [0, 0.05) is 10.9 Å². The molecule has 2 heterocycles. The van der Waals surface area contributed by atoms with Crippen LogP contribution in [0, 0.1) is 0 Å². The number of carbonyl (C=O) groups is 2. The highest BCUT2D eigenvalue weighted by atomic mass is 32.1. The van der Waals surface area contributed by atoms with Gasteiger partial charge < -0.3 is 9.47 Å². The van der Waals surface area contributed by atoms with Crippen LogP contribution in [0.2, 0.25) is 0 Å². The van der Waals surface area contributed by atoms with Gasteiger partial charge in [0.1, 0.15) is 5.75 Å². The molecule has 0 N–H and O–H groups in total. The van der Waals surface area contributed by atoms with E-state index in [2.05, 4.69) is 4.98 Å². The zero-order valence-electron chi connectivity index (χ0n) is 16.3. The van der Waals surface area contributed by atoms with E-state index in [1.807, 2.05) is 60.8 Å². The van der Waals surface area contributed by atoms with Crippen molar-refractivity contribution in [1.29, 1.82) is 0 Å². The van der Waals surface area contributed by atoms with Gasteiger partial charge in [-0.2, -0.15) is 0 Å². The van der Waals surface area contributed by atoms with Gasteiger partial charge in [-0.15, -0.1) is 11.3 Å². The number of pyridine rings is 1. The molecule has 2 aromatic heterocycles. The van der Waals surface area contributed by atoms with Crippen LogP contribution in [-0.2, 0) is 4.74 Å². The molecule has 4 rings (SSSR count). The lowest BCUT2D eigenvalue weighted by molar-refractivity contribution is 0.0478. The molecule has 0 atom stereocenters. The molecule has 0 aliphatic carbocycles. The number of ketones is 1. The molecule has 150 valence electrons. The summed E-state index contributed by atoms with van der Waals surface area (Å²) in [7, 11) is 0. The van der Waals surface area contributed by atoms with Crippen molar-refractivity contribution >= 4 is 34.0 Å². The Hall–Kier alpha value is -3.51. The molecule has 4 aromatic rings. The summed E-state index contributed by atoms with van der Waals surface area (Å²) < 4.78 is 10.8. The number of nitrogens with zero attached hydrogens (tertiary/aromatic N) is 1. The normalized spacial score (nSPS) is 10.7. The lowest BCUT2D eigenvalue weighted by Gasteiger charge is -2.10. The first kappa shape index (κ1) is 19.8. The van der Waals surface area contributed by atoms with Crippen molar-refractivity contribution in [3.63, 3.8) is 0 Å². The molecule has 0 radical (unpaired) electrons. The van der Waals surface area contributed by atoms with Crippen molar-refractivity contribution in [2.24, 2.45) is 0 Å². The summed E-state index contributed by atoms with van der Waals surface area (Å²) >= 11 is 1.32. The number of hydrogen-bond donors (Lipinski definition) is 0. The van der Waals surface area contributed by atoms with Gasteiger partial charge in [-0.3, -0.25) is 4.79 Å². The van der Waals surface area contributed by atoms with E-state index in [9.17, 15) is 9.59 Å². The number of esters is 1. The summed E-state index contributed by atoms with van der Waals surface area (Å²) in [5, 5.41) is 2.50. The van der Waals surface area contributed by atoms with Crippen LogP contribution >= 0.6 is 11.3 Å². The third-order valence-electron chi connectivity index (χ3n) is 4.53. The third kappa shape index (κ3) is 4.23. The lowest BCUT2D eigenvalue weighted by Crippen LogP contribution is -2.14. The molecular weight excluding hydrogens is 398 g/mol. The number of carbonyl (C=O) groups excluding carboxylic acids is 2. The number of para-hydroxylation sites is 1. The van der Waals surface area contributed by atoms with Crippen LogP contribution < -0.4 is 4.74 Å². The summed E-state index contributed by atoms with van der Waals surface area (Å²) in [6, 6.07) is 20.1. The quantitative estimate of drug-likeness (QED) is 0.297. The summed E-state index contributed by atoms with van der Waals surface area (Å²) in [5.41, 5.74) is 2.56. The molecule has 0 saturated carbocycles. The second kappa shape index (κ2) is 8.88. The van der Waals surface area contributed by atoms with Gasteiger partial charge in [-0.1, -0.05) is 24.3 Å². The van der Waals surface area contributed by atoms with E-state index in [1.165, 1.54) is 11.3 Å². The first-order valence-corrected chi connectivity index (χ1v) is 10.4. The fourth-order valence-electron chi connectivity index (χ4n) is 3.10. The molecule has 30 heavy (non-hydrogen) atoms. The first-order valence-electron chi connectivity index (χ1n) is 9.52. The van der Waals surface area contributed by atoms with E-state index in [4.69, 9.17) is 9.47 Å². The van der Waals surface area contributed by atoms with Crippen LogP contribution in [0.15, 0.2) is 72.1 Å². The van der Waals surface area contributed by atoms with Gasteiger partial charge >= 0.3 is 5.97 Å². The van der Waals surface area contributed by atoms with Gasteiger partial charge in [0.15, 0.2) is 6.61 Å².